The zero-order chi connectivity index (χ0) is 12.1. The first kappa shape index (κ1) is 10.7. The van der Waals surface area contributed by atoms with E-state index in [4.69, 9.17) is 9.47 Å². The Bertz CT molecular complexity index is 727. The van der Waals surface area contributed by atoms with Crippen LogP contribution in [-0.4, -0.2) is 24.3 Å². The molecule has 1 aliphatic heterocycles. The predicted octanol–water partition coefficient (Wildman–Crippen LogP) is 3.60. The van der Waals surface area contributed by atoms with Gasteiger partial charge in [-0.1, -0.05) is 0 Å². The van der Waals surface area contributed by atoms with Gasteiger partial charge in [0.15, 0.2) is 0 Å². The average molecular weight is 277 g/mol. The van der Waals surface area contributed by atoms with Gasteiger partial charge in [-0.2, -0.15) is 0 Å². The highest BCUT2D eigenvalue weighted by molar-refractivity contribution is 7.21. The van der Waals surface area contributed by atoms with Crippen molar-refractivity contribution in [3.63, 3.8) is 0 Å². The summed E-state index contributed by atoms with van der Waals surface area (Å²) >= 11 is 3.45. The van der Waals surface area contributed by atoms with Crippen molar-refractivity contribution in [3.8, 4) is 5.75 Å². The van der Waals surface area contributed by atoms with Crippen LogP contribution in [0.4, 0.5) is 0 Å². The molecule has 0 spiro atoms. The summed E-state index contributed by atoms with van der Waals surface area (Å²) in [5.74, 6) is 0.956. The first-order valence-corrected chi connectivity index (χ1v) is 7.52. The Balaban J connectivity index is 1.88. The molecule has 1 unspecified atom stereocenters. The van der Waals surface area contributed by atoms with Crippen LogP contribution in [-0.2, 0) is 4.74 Å². The zero-order valence-electron chi connectivity index (χ0n) is 9.80. The van der Waals surface area contributed by atoms with E-state index in [-0.39, 0.29) is 6.10 Å². The van der Waals surface area contributed by atoms with Gasteiger partial charge in [-0.3, -0.25) is 0 Å². The minimum absolute atomic E-state index is 0.289. The number of aryl methyl sites for hydroxylation is 1. The molecule has 0 aliphatic carbocycles. The Morgan fingerprint density at radius 2 is 2.44 bits per heavy atom. The average Bonchev–Trinajstić information content (AvgIpc) is 2.90. The van der Waals surface area contributed by atoms with Gasteiger partial charge in [0.05, 0.1) is 26.5 Å². The highest BCUT2D eigenvalue weighted by Gasteiger charge is 2.23. The standard InChI is InChI=1S/C13H11NO2S2/c1-7-14-12-11(18-7)4-10(16-6-8-5-15-8)9-2-3-17-13(9)12/h2-4,8H,5-6H2,1H3. The summed E-state index contributed by atoms with van der Waals surface area (Å²) in [6.45, 7) is 3.52. The highest BCUT2D eigenvalue weighted by Crippen LogP contribution is 2.39. The van der Waals surface area contributed by atoms with Crippen LogP contribution >= 0.6 is 22.7 Å². The quantitative estimate of drug-likeness (QED) is 0.686. The van der Waals surface area contributed by atoms with Crippen molar-refractivity contribution in [3.05, 3.63) is 22.5 Å². The van der Waals surface area contributed by atoms with Crippen molar-refractivity contribution in [2.75, 3.05) is 13.2 Å². The molecule has 0 bridgehead atoms. The van der Waals surface area contributed by atoms with Crippen LogP contribution in [0.1, 0.15) is 5.01 Å². The van der Waals surface area contributed by atoms with Crippen LogP contribution in [0.2, 0.25) is 0 Å². The van der Waals surface area contributed by atoms with Crippen molar-refractivity contribution >= 4 is 43.0 Å². The minimum Gasteiger partial charge on any atom is -0.490 e. The number of hydrogen-bond donors (Lipinski definition) is 0. The Morgan fingerprint density at radius 3 is 3.28 bits per heavy atom. The number of rotatable bonds is 3. The number of thiazole rings is 1. The number of aromatic nitrogens is 1. The molecular weight excluding hydrogens is 266 g/mol. The van der Waals surface area contributed by atoms with E-state index in [1.54, 1.807) is 22.7 Å². The SMILES string of the molecule is Cc1nc2c(cc(OCC3CO3)c3ccsc32)s1. The molecule has 1 atom stereocenters. The number of nitrogens with zero attached hydrogens (tertiary/aromatic N) is 1. The smallest absolute Gasteiger partial charge is 0.129 e. The molecule has 1 aliphatic rings. The second-order valence-electron chi connectivity index (χ2n) is 4.38. The van der Waals surface area contributed by atoms with Crippen LogP contribution in [0, 0.1) is 6.92 Å². The Hall–Kier alpha value is -1.17. The summed E-state index contributed by atoms with van der Waals surface area (Å²) in [5.41, 5.74) is 1.11. The van der Waals surface area contributed by atoms with Gasteiger partial charge in [0.1, 0.15) is 18.5 Å². The van der Waals surface area contributed by atoms with Crippen molar-refractivity contribution in [2.45, 2.75) is 13.0 Å². The maximum absolute atomic E-state index is 5.88. The lowest BCUT2D eigenvalue weighted by molar-refractivity contribution is 0.265. The lowest BCUT2D eigenvalue weighted by atomic mass is 10.2. The molecule has 18 heavy (non-hydrogen) atoms. The molecule has 4 rings (SSSR count). The molecule has 0 saturated carbocycles. The van der Waals surface area contributed by atoms with Gasteiger partial charge >= 0.3 is 0 Å². The van der Waals surface area contributed by atoms with Crippen LogP contribution in [0.15, 0.2) is 17.5 Å². The van der Waals surface area contributed by atoms with E-state index in [0.29, 0.717) is 6.61 Å². The molecule has 0 radical (unpaired) electrons. The molecule has 1 fully saturated rings. The number of fused-ring (bicyclic) bond motifs is 3. The van der Waals surface area contributed by atoms with E-state index >= 15 is 0 Å². The Labute approximate surface area is 112 Å². The van der Waals surface area contributed by atoms with Gasteiger partial charge in [0.25, 0.3) is 0 Å². The van der Waals surface area contributed by atoms with E-state index < -0.39 is 0 Å². The van der Waals surface area contributed by atoms with Gasteiger partial charge in [-0.25, -0.2) is 4.98 Å². The molecule has 0 amide bonds. The van der Waals surface area contributed by atoms with E-state index in [9.17, 15) is 0 Å². The molecule has 1 aromatic carbocycles. The van der Waals surface area contributed by atoms with Crippen LogP contribution in [0.3, 0.4) is 0 Å². The second-order valence-corrected chi connectivity index (χ2v) is 6.53. The van der Waals surface area contributed by atoms with Gasteiger partial charge < -0.3 is 9.47 Å². The number of benzene rings is 1. The summed E-state index contributed by atoms with van der Waals surface area (Å²) in [4.78, 5) is 4.61. The minimum atomic E-state index is 0.289. The first-order valence-electron chi connectivity index (χ1n) is 5.83. The van der Waals surface area contributed by atoms with Crippen LogP contribution < -0.4 is 4.74 Å². The van der Waals surface area contributed by atoms with Gasteiger partial charge in [-0.05, 0) is 18.4 Å². The molecule has 92 valence electrons. The normalized spacial score (nSPS) is 18.6. The second kappa shape index (κ2) is 3.91. The van der Waals surface area contributed by atoms with E-state index in [2.05, 4.69) is 22.5 Å². The van der Waals surface area contributed by atoms with Gasteiger partial charge in [0, 0.05) is 11.5 Å². The highest BCUT2D eigenvalue weighted by atomic mass is 32.1. The van der Waals surface area contributed by atoms with Crippen LogP contribution in [0.25, 0.3) is 20.3 Å². The van der Waals surface area contributed by atoms with E-state index in [1.807, 2.05) is 6.92 Å². The Kier molecular flexibility index (Phi) is 2.33. The molecule has 3 aromatic rings. The third kappa shape index (κ3) is 1.70. The number of epoxide rings is 1. The molecule has 2 aromatic heterocycles. The van der Waals surface area contributed by atoms with Gasteiger partial charge in [-0.15, -0.1) is 22.7 Å². The summed E-state index contributed by atoms with van der Waals surface area (Å²) in [5, 5.41) is 4.36. The fraction of sp³-hybridized carbons (Fsp3) is 0.308. The zero-order valence-corrected chi connectivity index (χ0v) is 11.4. The lowest BCUT2D eigenvalue weighted by Gasteiger charge is -2.06. The van der Waals surface area contributed by atoms with Crippen LogP contribution in [0.5, 0.6) is 5.75 Å². The molecule has 3 nitrogen and oxygen atoms in total. The third-order valence-electron chi connectivity index (χ3n) is 3.00. The molecule has 1 saturated heterocycles. The van der Waals surface area contributed by atoms with Crippen molar-refractivity contribution < 1.29 is 9.47 Å². The van der Waals surface area contributed by atoms with E-state index in [1.165, 1.54) is 14.8 Å². The Morgan fingerprint density at radius 1 is 1.56 bits per heavy atom. The molecule has 3 heterocycles. The van der Waals surface area contributed by atoms with Gasteiger partial charge in [0.2, 0.25) is 0 Å². The van der Waals surface area contributed by atoms with E-state index in [0.717, 1.165) is 22.9 Å². The summed E-state index contributed by atoms with van der Waals surface area (Å²) in [6, 6.07) is 4.22. The lowest BCUT2D eigenvalue weighted by Crippen LogP contribution is -2.03. The fourth-order valence-corrected chi connectivity index (χ4v) is 3.89. The summed E-state index contributed by atoms with van der Waals surface area (Å²) < 4.78 is 13.5. The number of thiophene rings is 1. The topological polar surface area (TPSA) is 34.6 Å². The maximum Gasteiger partial charge on any atom is 0.129 e. The first-order chi connectivity index (χ1) is 8.81. The summed E-state index contributed by atoms with van der Waals surface area (Å²) in [7, 11) is 0. The largest absolute Gasteiger partial charge is 0.490 e. The fourth-order valence-electron chi connectivity index (χ4n) is 2.05. The van der Waals surface area contributed by atoms with Crippen molar-refractivity contribution in [1.82, 2.24) is 4.98 Å². The molecule has 5 heteroatoms. The summed E-state index contributed by atoms with van der Waals surface area (Å²) in [6.07, 6.45) is 0.289. The van der Waals surface area contributed by atoms with Crippen molar-refractivity contribution in [2.24, 2.45) is 0 Å². The number of hydrogen-bond acceptors (Lipinski definition) is 5. The number of ether oxygens (including phenoxy) is 2. The van der Waals surface area contributed by atoms with Crippen molar-refractivity contribution in [1.29, 1.82) is 0 Å². The third-order valence-corrected chi connectivity index (χ3v) is 4.83. The monoisotopic (exact) mass is 277 g/mol. The molecule has 0 N–H and O–H groups in total. The maximum atomic E-state index is 5.88. The predicted molar refractivity (Wildman–Crippen MR) is 75.0 cm³/mol. The molecular formula is C13H11NO2S2.